The van der Waals surface area contributed by atoms with Gasteiger partial charge in [0.1, 0.15) is 0 Å². The Kier molecular flexibility index (Phi) is 4.79. The Bertz CT molecular complexity index is 561. The maximum Gasteiger partial charge on any atom is 0.196 e. The summed E-state index contributed by atoms with van der Waals surface area (Å²) in [4.78, 5) is 0. The summed E-state index contributed by atoms with van der Waals surface area (Å²) in [5, 5.41) is 0. The highest BCUT2D eigenvalue weighted by atomic mass is 19.1. The number of hydrazine groups is 1. The first-order chi connectivity index (χ1) is 9.74. The van der Waals surface area contributed by atoms with Gasteiger partial charge < -0.3 is 14.9 Å². The first-order valence-corrected chi connectivity index (χ1v) is 6.19. The van der Waals surface area contributed by atoms with Crippen LogP contribution in [0.15, 0.2) is 42.5 Å². The van der Waals surface area contributed by atoms with Gasteiger partial charge in [0.05, 0.1) is 14.2 Å². The quantitative estimate of drug-likeness (QED) is 0.796. The van der Waals surface area contributed by atoms with E-state index in [-0.39, 0.29) is 5.75 Å². The lowest BCUT2D eigenvalue weighted by molar-refractivity contribution is 0.337. The molecule has 0 aliphatic heterocycles. The summed E-state index contributed by atoms with van der Waals surface area (Å²) in [6.07, 6.45) is 0. The Labute approximate surface area is 117 Å². The molecule has 4 nitrogen and oxygen atoms in total. The van der Waals surface area contributed by atoms with Crippen LogP contribution in [0.3, 0.4) is 0 Å². The summed E-state index contributed by atoms with van der Waals surface area (Å²) in [6.45, 7) is 0.451. The number of nitrogens with one attached hydrogen (secondary N) is 2. The van der Waals surface area contributed by atoms with Crippen molar-refractivity contribution in [1.82, 2.24) is 5.43 Å². The van der Waals surface area contributed by atoms with E-state index in [4.69, 9.17) is 9.47 Å². The van der Waals surface area contributed by atoms with Gasteiger partial charge in [-0.15, -0.1) is 0 Å². The van der Waals surface area contributed by atoms with E-state index in [1.54, 1.807) is 6.07 Å². The molecule has 0 fully saturated rings. The largest absolute Gasteiger partial charge is 0.493 e. The second kappa shape index (κ2) is 6.77. The summed E-state index contributed by atoms with van der Waals surface area (Å²) >= 11 is 0. The number of hydrogen-bond acceptors (Lipinski definition) is 4. The fraction of sp³-hybridized carbons (Fsp3) is 0.200. The summed E-state index contributed by atoms with van der Waals surface area (Å²) < 4.78 is 23.9. The minimum atomic E-state index is -0.441. The Morgan fingerprint density at radius 3 is 2.45 bits per heavy atom. The van der Waals surface area contributed by atoms with Crippen LogP contribution in [-0.4, -0.2) is 14.2 Å². The average molecular weight is 276 g/mol. The first kappa shape index (κ1) is 14.1. The van der Waals surface area contributed by atoms with Crippen LogP contribution in [0, 0.1) is 5.82 Å². The standard InChI is InChI=1S/C15H17FN2O2/c1-19-14-9-11(8-13(16)15(14)20-2)10-17-18-12-6-4-3-5-7-12/h3-9,17-18H,10H2,1-2H3. The molecule has 5 heteroatoms. The molecule has 0 unspecified atom stereocenters. The Balaban J connectivity index is 2.01. The number of hydrogen-bond donors (Lipinski definition) is 2. The molecule has 2 N–H and O–H groups in total. The van der Waals surface area contributed by atoms with Gasteiger partial charge in [-0.25, -0.2) is 9.82 Å². The zero-order valence-electron chi connectivity index (χ0n) is 11.4. The molecule has 0 spiro atoms. The Morgan fingerprint density at radius 2 is 1.80 bits per heavy atom. The van der Waals surface area contributed by atoms with E-state index in [1.165, 1.54) is 20.3 Å². The second-order valence-electron chi connectivity index (χ2n) is 4.16. The van der Waals surface area contributed by atoms with Crippen LogP contribution >= 0.6 is 0 Å². The van der Waals surface area contributed by atoms with Crippen LogP contribution < -0.4 is 20.3 Å². The Morgan fingerprint density at radius 1 is 1.05 bits per heavy atom. The smallest absolute Gasteiger partial charge is 0.196 e. The van der Waals surface area contributed by atoms with Crippen molar-refractivity contribution in [3.8, 4) is 11.5 Å². The summed E-state index contributed by atoms with van der Waals surface area (Å²) in [6, 6.07) is 12.8. The minimum Gasteiger partial charge on any atom is -0.493 e. The van der Waals surface area contributed by atoms with Gasteiger partial charge in [-0.2, -0.15) is 0 Å². The fourth-order valence-corrected chi connectivity index (χ4v) is 1.84. The van der Waals surface area contributed by atoms with E-state index < -0.39 is 5.82 Å². The van der Waals surface area contributed by atoms with Crippen molar-refractivity contribution in [1.29, 1.82) is 0 Å². The third-order valence-corrected chi connectivity index (χ3v) is 2.79. The highest BCUT2D eigenvalue weighted by molar-refractivity contribution is 5.45. The molecule has 2 aromatic carbocycles. The first-order valence-electron chi connectivity index (χ1n) is 6.19. The van der Waals surface area contributed by atoms with Crippen molar-refractivity contribution in [2.45, 2.75) is 6.54 Å². The van der Waals surface area contributed by atoms with Crippen LogP contribution in [0.5, 0.6) is 11.5 Å². The molecule has 0 heterocycles. The highest BCUT2D eigenvalue weighted by Gasteiger charge is 2.11. The predicted molar refractivity (Wildman–Crippen MR) is 76.4 cm³/mol. The van der Waals surface area contributed by atoms with Crippen LogP contribution in [0.2, 0.25) is 0 Å². The van der Waals surface area contributed by atoms with E-state index in [9.17, 15) is 4.39 Å². The lowest BCUT2D eigenvalue weighted by Crippen LogP contribution is -2.20. The van der Waals surface area contributed by atoms with E-state index in [0.29, 0.717) is 12.3 Å². The molecule has 106 valence electrons. The van der Waals surface area contributed by atoms with Crippen molar-refractivity contribution < 1.29 is 13.9 Å². The summed E-state index contributed by atoms with van der Waals surface area (Å²) in [7, 11) is 2.90. The average Bonchev–Trinajstić information content (AvgIpc) is 2.47. The number of methoxy groups -OCH3 is 2. The highest BCUT2D eigenvalue weighted by Crippen LogP contribution is 2.31. The molecule has 0 saturated heterocycles. The predicted octanol–water partition coefficient (Wildman–Crippen LogP) is 2.96. The van der Waals surface area contributed by atoms with Crippen molar-refractivity contribution in [3.63, 3.8) is 0 Å². The molecule has 0 atom stereocenters. The van der Waals surface area contributed by atoms with Crippen molar-refractivity contribution in [3.05, 3.63) is 53.8 Å². The van der Waals surface area contributed by atoms with E-state index in [0.717, 1.165) is 11.3 Å². The third-order valence-electron chi connectivity index (χ3n) is 2.79. The molecule has 0 aliphatic rings. The zero-order chi connectivity index (χ0) is 14.4. The van der Waals surface area contributed by atoms with E-state index in [2.05, 4.69) is 10.9 Å². The maximum absolute atomic E-state index is 13.8. The zero-order valence-corrected chi connectivity index (χ0v) is 11.4. The number of benzene rings is 2. The SMILES string of the molecule is COc1cc(CNNc2ccccc2)cc(F)c1OC. The number of para-hydroxylation sites is 1. The molecule has 2 aromatic rings. The van der Waals surface area contributed by atoms with Crippen molar-refractivity contribution >= 4 is 5.69 Å². The Hall–Kier alpha value is -2.27. The maximum atomic E-state index is 13.8. The lowest BCUT2D eigenvalue weighted by atomic mass is 10.2. The summed E-state index contributed by atoms with van der Waals surface area (Å²) in [5.74, 6) is 0.0552. The summed E-state index contributed by atoms with van der Waals surface area (Å²) in [5.41, 5.74) is 7.75. The third kappa shape index (κ3) is 3.39. The van der Waals surface area contributed by atoms with Crippen molar-refractivity contribution in [2.24, 2.45) is 0 Å². The van der Waals surface area contributed by atoms with Gasteiger partial charge >= 0.3 is 0 Å². The number of anilines is 1. The van der Waals surface area contributed by atoms with Gasteiger partial charge in [-0.3, -0.25) is 0 Å². The molecule has 0 bridgehead atoms. The van der Waals surface area contributed by atoms with Crippen molar-refractivity contribution in [2.75, 3.05) is 19.6 Å². The van der Waals surface area contributed by atoms with Gasteiger partial charge in [0.2, 0.25) is 0 Å². The molecule has 0 saturated carbocycles. The van der Waals surface area contributed by atoms with Gasteiger partial charge in [0.15, 0.2) is 17.3 Å². The van der Waals surface area contributed by atoms with Crippen LogP contribution in [-0.2, 0) is 6.54 Å². The molecule has 0 amide bonds. The molecule has 0 aromatic heterocycles. The molecular formula is C15H17FN2O2. The second-order valence-corrected chi connectivity index (χ2v) is 4.16. The van der Waals surface area contributed by atoms with Crippen LogP contribution in [0.4, 0.5) is 10.1 Å². The fourth-order valence-electron chi connectivity index (χ4n) is 1.84. The molecule has 20 heavy (non-hydrogen) atoms. The van der Waals surface area contributed by atoms with E-state index >= 15 is 0 Å². The minimum absolute atomic E-state index is 0.118. The van der Waals surface area contributed by atoms with Gasteiger partial charge in [-0.05, 0) is 29.8 Å². The molecule has 0 radical (unpaired) electrons. The lowest BCUT2D eigenvalue weighted by Gasteiger charge is -2.12. The number of halogens is 1. The van der Waals surface area contributed by atoms with E-state index in [1.807, 2.05) is 30.3 Å². The number of ether oxygens (including phenoxy) is 2. The van der Waals surface area contributed by atoms with Crippen LogP contribution in [0.25, 0.3) is 0 Å². The number of rotatable bonds is 6. The normalized spacial score (nSPS) is 10.2. The van der Waals surface area contributed by atoms with Gasteiger partial charge in [0, 0.05) is 12.2 Å². The van der Waals surface area contributed by atoms with Gasteiger partial charge in [-0.1, -0.05) is 18.2 Å². The molecular weight excluding hydrogens is 259 g/mol. The topological polar surface area (TPSA) is 42.5 Å². The molecule has 2 rings (SSSR count). The van der Waals surface area contributed by atoms with Gasteiger partial charge in [0.25, 0.3) is 0 Å². The molecule has 0 aliphatic carbocycles. The monoisotopic (exact) mass is 276 g/mol. The van der Waals surface area contributed by atoms with Crippen LogP contribution in [0.1, 0.15) is 5.56 Å².